The Morgan fingerprint density at radius 1 is 0.879 bits per heavy atom. The summed E-state index contributed by atoms with van der Waals surface area (Å²) in [4.78, 5) is 27.3. The predicted octanol–water partition coefficient (Wildman–Crippen LogP) is 6.81. The Labute approximate surface area is 198 Å². The average Bonchev–Trinajstić information content (AvgIpc) is 2.84. The van der Waals surface area contributed by atoms with Crippen LogP contribution in [0.25, 0.3) is 16.8 Å². The molecule has 5 heteroatoms. The van der Waals surface area contributed by atoms with Crippen LogP contribution in [0.2, 0.25) is 5.02 Å². The molecule has 0 heterocycles. The molecule has 4 aromatic carbocycles. The third kappa shape index (κ3) is 5.13. The quantitative estimate of drug-likeness (QED) is 0.325. The van der Waals surface area contributed by atoms with Gasteiger partial charge < -0.3 is 10.2 Å². The molecular weight excluding hydrogens is 432 g/mol. The largest absolute Gasteiger partial charge is 0.323 e. The Morgan fingerprint density at radius 2 is 1.58 bits per heavy atom. The van der Waals surface area contributed by atoms with Gasteiger partial charge in [0.2, 0.25) is 5.91 Å². The number of carbonyl (C=O) groups is 2. The number of hydrogen-bond donors (Lipinski definition) is 1. The maximum absolute atomic E-state index is 13.3. The zero-order chi connectivity index (χ0) is 23.2. The van der Waals surface area contributed by atoms with E-state index in [0.29, 0.717) is 22.8 Å². The summed E-state index contributed by atoms with van der Waals surface area (Å²) in [6, 6.07) is 28.2. The van der Waals surface area contributed by atoms with E-state index in [9.17, 15) is 9.59 Å². The van der Waals surface area contributed by atoms with Gasteiger partial charge in [0.15, 0.2) is 0 Å². The monoisotopic (exact) mass is 454 g/mol. The molecule has 0 spiro atoms. The van der Waals surface area contributed by atoms with Crippen LogP contribution < -0.4 is 10.2 Å². The minimum atomic E-state index is -0.278. The fourth-order valence-electron chi connectivity index (χ4n) is 3.68. The van der Waals surface area contributed by atoms with Crippen LogP contribution in [0.5, 0.6) is 0 Å². The maximum Gasteiger partial charge on any atom is 0.258 e. The summed E-state index contributed by atoms with van der Waals surface area (Å²) >= 11 is 6.11. The first-order valence-corrected chi connectivity index (χ1v) is 11.1. The van der Waals surface area contributed by atoms with Crippen molar-refractivity contribution in [2.24, 2.45) is 0 Å². The molecule has 164 valence electrons. The first-order valence-electron chi connectivity index (χ1n) is 10.7. The van der Waals surface area contributed by atoms with Crippen molar-refractivity contribution in [3.05, 3.63) is 113 Å². The molecule has 0 aliphatic rings. The predicted molar refractivity (Wildman–Crippen MR) is 137 cm³/mol. The molecule has 4 nitrogen and oxygen atoms in total. The summed E-state index contributed by atoms with van der Waals surface area (Å²) in [6.45, 7) is 2.50. The SMILES string of the molecule is CCN(C(=O)c1ccc(NC(=O)C=Cc2ccccc2Cl)cc1)c1cccc2ccccc12. The fourth-order valence-corrected chi connectivity index (χ4v) is 3.88. The molecule has 0 radical (unpaired) electrons. The Hall–Kier alpha value is -3.89. The molecule has 0 fully saturated rings. The van der Waals surface area contributed by atoms with E-state index in [1.165, 1.54) is 6.08 Å². The van der Waals surface area contributed by atoms with E-state index < -0.39 is 0 Å². The van der Waals surface area contributed by atoms with Gasteiger partial charge in [-0.05, 0) is 60.3 Å². The summed E-state index contributed by atoms with van der Waals surface area (Å²) < 4.78 is 0. The van der Waals surface area contributed by atoms with Gasteiger partial charge in [-0.3, -0.25) is 9.59 Å². The number of nitrogens with zero attached hydrogens (tertiary/aromatic N) is 1. The van der Waals surface area contributed by atoms with E-state index in [1.54, 1.807) is 41.3 Å². The van der Waals surface area contributed by atoms with Crippen LogP contribution in [0, 0.1) is 0 Å². The first-order chi connectivity index (χ1) is 16.1. The summed E-state index contributed by atoms with van der Waals surface area (Å²) in [5.74, 6) is -0.370. The number of anilines is 2. The van der Waals surface area contributed by atoms with Crippen molar-refractivity contribution >= 4 is 51.6 Å². The molecule has 2 amide bonds. The normalized spacial score (nSPS) is 11.0. The summed E-state index contributed by atoms with van der Waals surface area (Å²) in [7, 11) is 0. The minimum absolute atomic E-state index is 0.0923. The molecule has 0 aliphatic heterocycles. The first kappa shape index (κ1) is 22.3. The van der Waals surface area contributed by atoms with Crippen LogP contribution in [-0.4, -0.2) is 18.4 Å². The van der Waals surface area contributed by atoms with Gasteiger partial charge in [-0.15, -0.1) is 0 Å². The van der Waals surface area contributed by atoms with Gasteiger partial charge in [0.05, 0.1) is 5.69 Å². The van der Waals surface area contributed by atoms with Gasteiger partial charge >= 0.3 is 0 Å². The molecule has 0 aromatic heterocycles. The van der Waals surface area contributed by atoms with Gasteiger partial charge in [-0.25, -0.2) is 0 Å². The van der Waals surface area contributed by atoms with Gasteiger partial charge in [-0.2, -0.15) is 0 Å². The number of rotatable bonds is 6. The number of amides is 2. The van der Waals surface area contributed by atoms with Crippen molar-refractivity contribution in [1.82, 2.24) is 0 Å². The van der Waals surface area contributed by atoms with Crippen LogP contribution in [0.1, 0.15) is 22.8 Å². The second-order valence-corrected chi connectivity index (χ2v) is 7.88. The standard InChI is InChI=1S/C28H23ClN2O2/c1-2-31(26-13-7-10-20-8-3-5-11-24(20)26)28(33)22-14-17-23(18-15-22)30-27(32)19-16-21-9-4-6-12-25(21)29/h3-19H,2H2,1H3,(H,30,32). The van der Waals surface area contributed by atoms with E-state index in [1.807, 2.05) is 67.6 Å². The summed E-state index contributed by atoms with van der Waals surface area (Å²) in [5.41, 5.74) is 2.80. The van der Waals surface area contributed by atoms with Crippen molar-refractivity contribution in [1.29, 1.82) is 0 Å². The van der Waals surface area contributed by atoms with Gasteiger partial charge in [0.1, 0.15) is 0 Å². The second-order valence-electron chi connectivity index (χ2n) is 7.47. The zero-order valence-corrected chi connectivity index (χ0v) is 18.9. The molecule has 1 N–H and O–H groups in total. The lowest BCUT2D eigenvalue weighted by molar-refractivity contribution is -0.111. The molecule has 0 unspecified atom stereocenters. The summed E-state index contributed by atoms with van der Waals surface area (Å²) in [6.07, 6.45) is 3.10. The molecule has 0 aliphatic carbocycles. The van der Waals surface area contributed by atoms with Crippen LogP contribution in [0.4, 0.5) is 11.4 Å². The van der Waals surface area contributed by atoms with Crippen LogP contribution in [0.3, 0.4) is 0 Å². The van der Waals surface area contributed by atoms with E-state index in [4.69, 9.17) is 11.6 Å². The van der Waals surface area contributed by atoms with E-state index in [2.05, 4.69) is 5.32 Å². The Morgan fingerprint density at radius 3 is 2.33 bits per heavy atom. The zero-order valence-electron chi connectivity index (χ0n) is 18.2. The lowest BCUT2D eigenvalue weighted by Crippen LogP contribution is -2.30. The number of carbonyl (C=O) groups excluding carboxylic acids is 2. The van der Waals surface area contributed by atoms with Gasteiger partial charge in [0.25, 0.3) is 5.91 Å². The highest BCUT2D eigenvalue weighted by Crippen LogP contribution is 2.28. The van der Waals surface area contributed by atoms with Gasteiger partial charge in [0, 0.05) is 34.3 Å². The van der Waals surface area contributed by atoms with Crippen molar-refractivity contribution in [3.8, 4) is 0 Å². The summed E-state index contributed by atoms with van der Waals surface area (Å²) in [5, 5.41) is 5.50. The lowest BCUT2D eigenvalue weighted by atomic mass is 10.1. The Bertz CT molecular complexity index is 1320. The van der Waals surface area contributed by atoms with Gasteiger partial charge in [-0.1, -0.05) is 66.2 Å². The highest BCUT2D eigenvalue weighted by atomic mass is 35.5. The molecule has 0 saturated heterocycles. The van der Waals surface area contributed by atoms with Crippen LogP contribution in [-0.2, 0) is 4.79 Å². The number of fused-ring (bicyclic) bond motifs is 1. The van der Waals surface area contributed by atoms with E-state index in [-0.39, 0.29) is 11.8 Å². The molecule has 4 rings (SSSR count). The molecule has 33 heavy (non-hydrogen) atoms. The topological polar surface area (TPSA) is 49.4 Å². The van der Waals surface area contributed by atoms with E-state index in [0.717, 1.165) is 22.0 Å². The van der Waals surface area contributed by atoms with Crippen molar-refractivity contribution in [3.63, 3.8) is 0 Å². The van der Waals surface area contributed by atoms with Crippen LogP contribution in [0.15, 0.2) is 97.1 Å². The minimum Gasteiger partial charge on any atom is -0.323 e. The number of nitrogens with one attached hydrogen (secondary N) is 1. The number of hydrogen-bond acceptors (Lipinski definition) is 2. The maximum atomic E-state index is 13.3. The van der Waals surface area contributed by atoms with Crippen molar-refractivity contribution < 1.29 is 9.59 Å². The highest BCUT2D eigenvalue weighted by molar-refractivity contribution is 6.32. The second kappa shape index (κ2) is 10.2. The smallest absolute Gasteiger partial charge is 0.258 e. The molecular formula is C28H23ClN2O2. The lowest BCUT2D eigenvalue weighted by Gasteiger charge is -2.23. The third-order valence-corrected chi connectivity index (χ3v) is 5.68. The Kier molecular flexibility index (Phi) is 6.86. The fraction of sp³-hybridized carbons (Fsp3) is 0.0714. The molecule has 4 aromatic rings. The van der Waals surface area contributed by atoms with Crippen molar-refractivity contribution in [2.75, 3.05) is 16.8 Å². The van der Waals surface area contributed by atoms with Crippen molar-refractivity contribution in [2.45, 2.75) is 6.92 Å². The van der Waals surface area contributed by atoms with Crippen LogP contribution >= 0.6 is 11.6 Å². The number of benzene rings is 4. The van der Waals surface area contributed by atoms with E-state index >= 15 is 0 Å². The third-order valence-electron chi connectivity index (χ3n) is 5.34. The molecule has 0 atom stereocenters. The highest BCUT2D eigenvalue weighted by Gasteiger charge is 2.18. The Balaban J connectivity index is 1.48. The number of halogens is 1. The molecule has 0 saturated carbocycles. The average molecular weight is 455 g/mol. The molecule has 0 bridgehead atoms.